The Morgan fingerprint density at radius 3 is 2.50 bits per heavy atom. The van der Waals surface area contributed by atoms with Crippen molar-refractivity contribution < 1.29 is 14.3 Å². The molecular weight excluding hydrogens is 368 g/mol. The summed E-state index contributed by atoms with van der Waals surface area (Å²) in [7, 11) is 1.59. The zero-order chi connectivity index (χ0) is 15.9. The zero-order valence-corrected chi connectivity index (χ0v) is 14.5. The second-order valence-electron chi connectivity index (χ2n) is 4.30. The lowest BCUT2D eigenvalue weighted by molar-refractivity contribution is -0.123. The van der Waals surface area contributed by atoms with Crippen molar-refractivity contribution in [3.63, 3.8) is 0 Å². The molecule has 0 aliphatic carbocycles. The van der Waals surface area contributed by atoms with E-state index >= 15 is 0 Å². The van der Waals surface area contributed by atoms with E-state index in [0.717, 1.165) is 20.1 Å². The van der Waals surface area contributed by atoms with Crippen LogP contribution in [0.15, 0.2) is 45.3 Å². The van der Waals surface area contributed by atoms with Gasteiger partial charge >= 0.3 is 0 Å². The van der Waals surface area contributed by atoms with Crippen molar-refractivity contribution in [1.82, 2.24) is 5.43 Å². The molecular formula is C15H15BrN2O3S. The standard InChI is InChI=1S/C15H15BrN2O3S/c1-10(13-7-8-14(16)22-13)17-18-15(19)9-21-12-5-3-11(20-2)4-6-12/h3-8H,9H2,1-2H3,(H,18,19)/b17-10-. The van der Waals surface area contributed by atoms with Crippen molar-refractivity contribution in [2.75, 3.05) is 13.7 Å². The molecule has 1 amide bonds. The summed E-state index contributed by atoms with van der Waals surface area (Å²) < 4.78 is 11.4. The van der Waals surface area contributed by atoms with Crippen LogP contribution in [0.1, 0.15) is 11.8 Å². The van der Waals surface area contributed by atoms with Crippen LogP contribution in [0.2, 0.25) is 0 Å². The Balaban J connectivity index is 1.82. The Labute approximate surface area is 141 Å². The van der Waals surface area contributed by atoms with E-state index < -0.39 is 0 Å². The molecule has 2 aromatic rings. The Bertz CT molecular complexity index is 668. The van der Waals surface area contributed by atoms with E-state index in [1.165, 1.54) is 0 Å². The second-order valence-corrected chi connectivity index (χ2v) is 6.76. The molecule has 0 unspecified atom stereocenters. The summed E-state index contributed by atoms with van der Waals surface area (Å²) in [5.41, 5.74) is 3.22. The number of nitrogens with one attached hydrogen (secondary N) is 1. The fraction of sp³-hybridized carbons (Fsp3) is 0.200. The average molecular weight is 383 g/mol. The molecule has 2 rings (SSSR count). The molecule has 0 fully saturated rings. The van der Waals surface area contributed by atoms with Crippen LogP contribution in [0.5, 0.6) is 11.5 Å². The van der Waals surface area contributed by atoms with E-state index in [1.807, 2.05) is 19.1 Å². The molecule has 1 heterocycles. The summed E-state index contributed by atoms with van der Waals surface area (Å²) in [5.74, 6) is 1.02. The molecule has 22 heavy (non-hydrogen) atoms. The number of benzene rings is 1. The minimum absolute atomic E-state index is 0.1000. The van der Waals surface area contributed by atoms with Gasteiger partial charge in [0.1, 0.15) is 11.5 Å². The van der Waals surface area contributed by atoms with Crippen LogP contribution in [0.4, 0.5) is 0 Å². The van der Waals surface area contributed by atoms with Gasteiger partial charge < -0.3 is 9.47 Å². The van der Waals surface area contributed by atoms with Crippen molar-refractivity contribution in [1.29, 1.82) is 0 Å². The van der Waals surface area contributed by atoms with Gasteiger partial charge in [0.15, 0.2) is 6.61 Å². The highest BCUT2D eigenvalue weighted by molar-refractivity contribution is 9.11. The van der Waals surface area contributed by atoms with E-state index in [1.54, 1.807) is 42.7 Å². The number of rotatable bonds is 6. The molecule has 0 spiro atoms. The summed E-state index contributed by atoms with van der Waals surface area (Å²) in [4.78, 5) is 12.7. The SMILES string of the molecule is COc1ccc(OCC(=O)N/N=C(/C)c2ccc(Br)s2)cc1. The van der Waals surface area contributed by atoms with E-state index in [0.29, 0.717) is 5.75 Å². The lowest BCUT2D eigenvalue weighted by Gasteiger charge is -2.06. The number of halogens is 1. The first-order valence-corrected chi connectivity index (χ1v) is 8.05. The number of hydrogen-bond acceptors (Lipinski definition) is 5. The molecule has 116 valence electrons. The Morgan fingerprint density at radius 2 is 1.91 bits per heavy atom. The number of methoxy groups -OCH3 is 1. The van der Waals surface area contributed by atoms with Gasteiger partial charge in [0.05, 0.1) is 21.5 Å². The van der Waals surface area contributed by atoms with E-state index in [-0.39, 0.29) is 12.5 Å². The second kappa shape index (κ2) is 7.95. The molecule has 0 saturated heterocycles. The predicted octanol–water partition coefficient (Wildman–Crippen LogP) is 3.44. The molecule has 1 aromatic carbocycles. The minimum Gasteiger partial charge on any atom is -0.497 e. The van der Waals surface area contributed by atoms with Crippen molar-refractivity contribution >= 4 is 38.9 Å². The summed E-state index contributed by atoms with van der Waals surface area (Å²) >= 11 is 4.94. The maximum Gasteiger partial charge on any atom is 0.277 e. The van der Waals surface area contributed by atoms with Gasteiger partial charge in [0.2, 0.25) is 0 Å². The highest BCUT2D eigenvalue weighted by Crippen LogP contribution is 2.22. The fourth-order valence-corrected chi connectivity index (χ4v) is 2.89. The van der Waals surface area contributed by atoms with Crippen molar-refractivity contribution in [3.8, 4) is 11.5 Å². The van der Waals surface area contributed by atoms with Gasteiger partial charge in [-0.05, 0) is 59.3 Å². The lowest BCUT2D eigenvalue weighted by Crippen LogP contribution is -2.25. The molecule has 0 aliphatic rings. The van der Waals surface area contributed by atoms with Gasteiger partial charge in [-0.1, -0.05) is 0 Å². The van der Waals surface area contributed by atoms with Crippen LogP contribution in [-0.2, 0) is 4.79 Å². The Morgan fingerprint density at radius 1 is 1.23 bits per heavy atom. The molecule has 1 N–H and O–H groups in total. The summed E-state index contributed by atoms with van der Waals surface area (Å²) in [6.45, 7) is 1.74. The van der Waals surface area contributed by atoms with Crippen LogP contribution in [0, 0.1) is 0 Å². The largest absolute Gasteiger partial charge is 0.497 e. The van der Waals surface area contributed by atoms with E-state index in [4.69, 9.17) is 9.47 Å². The number of hydrogen-bond donors (Lipinski definition) is 1. The Kier molecular flexibility index (Phi) is 5.97. The Hall–Kier alpha value is -1.86. The molecule has 5 nitrogen and oxygen atoms in total. The first-order chi connectivity index (χ1) is 10.6. The summed E-state index contributed by atoms with van der Waals surface area (Å²) in [6.07, 6.45) is 0. The van der Waals surface area contributed by atoms with E-state index in [2.05, 4.69) is 26.5 Å². The van der Waals surface area contributed by atoms with Gasteiger partial charge in [-0.3, -0.25) is 4.79 Å². The molecule has 0 radical (unpaired) electrons. The minimum atomic E-state index is -0.314. The topological polar surface area (TPSA) is 59.9 Å². The average Bonchev–Trinajstić information content (AvgIpc) is 2.97. The highest BCUT2D eigenvalue weighted by Gasteiger charge is 2.04. The smallest absolute Gasteiger partial charge is 0.277 e. The van der Waals surface area contributed by atoms with Crippen LogP contribution in [0.25, 0.3) is 0 Å². The monoisotopic (exact) mass is 382 g/mol. The van der Waals surface area contributed by atoms with Gasteiger partial charge in [-0.15, -0.1) is 11.3 Å². The molecule has 7 heteroatoms. The third-order valence-electron chi connectivity index (χ3n) is 2.71. The zero-order valence-electron chi connectivity index (χ0n) is 12.1. The van der Waals surface area contributed by atoms with Crippen molar-refractivity contribution in [2.24, 2.45) is 5.10 Å². The molecule has 0 aliphatic heterocycles. The molecule has 0 bridgehead atoms. The molecule has 1 aromatic heterocycles. The number of nitrogens with zero attached hydrogens (tertiary/aromatic N) is 1. The lowest BCUT2D eigenvalue weighted by atomic mass is 10.3. The van der Waals surface area contributed by atoms with Crippen LogP contribution in [0.3, 0.4) is 0 Å². The third kappa shape index (κ3) is 4.85. The first kappa shape index (κ1) is 16.5. The fourth-order valence-electron chi connectivity index (χ4n) is 1.56. The molecule has 0 saturated carbocycles. The van der Waals surface area contributed by atoms with Gasteiger partial charge in [0.25, 0.3) is 5.91 Å². The summed E-state index contributed by atoms with van der Waals surface area (Å²) in [6, 6.07) is 10.9. The normalized spacial score (nSPS) is 11.1. The predicted molar refractivity (Wildman–Crippen MR) is 90.9 cm³/mol. The third-order valence-corrected chi connectivity index (χ3v) is 4.44. The number of hydrazone groups is 1. The number of thiophene rings is 1. The first-order valence-electron chi connectivity index (χ1n) is 6.44. The highest BCUT2D eigenvalue weighted by atomic mass is 79.9. The number of carbonyl (C=O) groups excluding carboxylic acids is 1. The van der Waals surface area contributed by atoms with Gasteiger partial charge in [-0.25, -0.2) is 5.43 Å². The van der Waals surface area contributed by atoms with Crippen LogP contribution >= 0.6 is 27.3 Å². The van der Waals surface area contributed by atoms with Crippen molar-refractivity contribution in [3.05, 3.63) is 45.1 Å². The number of amides is 1. The van der Waals surface area contributed by atoms with E-state index in [9.17, 15) is 4.79 Å². The van der Waals surface area contributed by atoms with Gasteiger partial charge in [0, 0.05) is 0 Å². The maximum absolute atomic E-state index is 11.7. The van der Waals surface area contributed by atoms with Crippen LogP contribution in [-0.4, -0.2) is 25.3 Å². The molecule has 0 atom stereocenters. The number of ether oxygens (including phenoxy) is 2. The van der Waals surface area contributed by atoms with Crippen LogP contribution < -0.4 is 14.9 Å². The number of carbonyl (C=O) groups is 1. The quantitative estimate of drug-likeness (QED) is 0.614. The maximum atomic E-state index is 11.7. The van der Waals surface area contributed by atoms with Crippen molar-refractivity contribution in [2.45, 2.75) is 6.92 Å². The summed E-state index contributed by atoms with van der Waals surface area (Å²) in [5, 5.41) is 4.05. The van der Waals surface area contributed by atoms with Gasteiger partial charge in [-0.2, -0.15) is 5.10 Å².